The summed E-state index contributed by atoms with van der Waals surface area (Å²) in [5.41, 5.74) is 3.53. The molecular formula is C16H13BrN2O4. The van der Waals surface area contributed by atoms with E-state index >= 15 is 0 Å². The molecular weight excluding hydrogens is 364 g/mol. The molecule has 0 saturated heterocycles. The molecule has 1 atom stereocenters. The third kappa shape index (κ3) is 3.52. The van der Waals surface area contributed by atoms with E-state index in [1.165, 1.54) is 6.21 Å². The molecule has 1 aliphatic rings. The molecule has 0 saturated carbocycles. The van der Waals surface area contributed by atoms with E-state index in [4.69, 9.17) is 9.47 Å². The fraction of sp³-hybridized carbons (Fsp3) is 0.125. The first-order valence-corrected chi connectivity index (χ1v) is 7.59. The minimum atomic E-state index is -1.27. The number of hydrazone groups is 1. The Kier molecular flexibility index (Phi) is 4.59. The minimum Gasteiger partial charge on any atom is -0.454 e. The third-order valence-corrected chi connectivity index (χ3v) is 3.92. The second kappa shape index (κ2) is 6.80. The van der Waals surface area contributed by atoms with E-state index in [-0.39, 0.29) is 6.79 Å². The maximum absolute atomic E-state index is 11.9. The van der Waals surface area contributed by atoms with Crippen LogP contribution in [-0.4, -0.2) is 24.0 Å². The Hall–Kier alpha value is -2.38. The van der Waals surface area contributed by atoms with Crippen molar-refractivity contribution in [3.05, 3.63) is 58.1 Å². The van der Waals surface area contributed by atoms with E-state index in [0.29, 0.717) is 22.6 Å². The summed E-state index contributed by atoms with van der Waals surface area (Å²) in [6.45, 7) is 0.183. The Morgan fingerprint density at radius 1 is 1.26 bits per heavy atom. The summed E-state index contributed by atoms with van der Waals surface area (Å²) in [5, 5.41) is 13.8. The fourth-order valence-electron chi connectivity index (χ4n) is 2.05. The lowest BCUT2D eigenvalue weighted by Crippen LogP contribution is -2.25. The number of hydrogen-bond acceptors (Lipinski definition) is 5. The number of nitrogens with zero attached hydrogens (tertiary/aromatic N) is 1. The van der Waals surface area contributed by atoms with E-state index in [1.807, 2.05) is 6.07 Å². The molecule has 2 N–H and O–H groups in total. The van der Waals surface area contributed by atoms with Crippen LogP contribution in [0, 0.1) is 0 Å². The largest absolute Gasteiger partial charge is 0.454 e. The molecule has 0 fully saturated rings. The first-order valence-electron chi connectivity index (χ1n) is 6.80. The van der Waals surface area contributed by atoms with Crippen molar-refractivity contribution in [2.45, 2.75) is 6.10 Å². The molecule has 3 rings (SSSR count). The molecule has 0 spiro atoms. The topological polar surface area (TPSA) is 80.2 Å². The zero-order valence-electron chi connectivity index (χ0n) is 11.9. The van der Waals surface area contributed by atoms with Crippen molar-refractivity contribution in [3.63, 3.8) is 0 Å². The first kappa shape index (κ1) is 15.5. The minimum absolute atomic E-state index is 0.183. The molecule has 1 aliphatic heterocycles. The van der Waals surface area contributed by atoms with Gasteiger partial charge in [0, 0.05) is 10.0 Å². The van der Waals surface area contributed by atoms with Gasteiger partial charge >= 0.3 is 0 Å². The number of amides is 1. The summed E-state index contributed by atoms with van der Waals surface area (Å²) < 4.78 is 11.3. The lowest BCUT2D eigenvalue weighted by molar-refractivity contribution is -0.129. The number of aliphatic hydroxyl groups excluding tert-OH is 1. The van der Waals surface area contributed by atoms with Crippen LogP contribution in [0.2, 0.25) is 0 Å². The molecule has 118 valence electrons. The van der Waals surface area contributed by atoms with Crippen LogP contribution in [0.3, 0.4) is 0 Å². The summed E-state index contributed by atoms with van der Waals surface area (Å²) in [4.78, 5) is 11.9. The van der Waals surface area contributed by atoms with Crippen LogP contribution >= 0.6 is 15.9 Å². The normalized spacial score (nSPS) is 14.0. The number of fused-ring (bicyclic) bond motifs is 1. The van der Waals surface area contributed by atoms with E-state index in [2.05, 4.69) is 26.5 Å². The number of nitrogens with one attached hydrogen (secondary N) is 1. The lowest BCUT2D eigenvalue weighted by atomic mass is 10.1. The number of aliphatic hydroxyl groups is 1. The average Bonchev–Trinajstić information content (AvgIpc) is 3.02. The lowest BCUT2D eigenvalue weighted by Gasteiger charge is -2.08. The van der Waals surface area contributed by atoms with Crippen LogP contribution in [-0.2, 0) is 4.79 Å². The highest BCUT2D eigenvalue weighted by molar-refractivity contribution is 9.10. The second-order valence-electron chi connectivity index (χ2n) is 4.77. The summed E-state index contributed by atoms with van der Waals surface area (Å²) in [6.07, 6.45) is 0.190. The fourth-order valence-corrected chi connectivity index (χ4v) is 2.47. The van der Waals surface area contributed by atoms with E-state index < -0.39 is 12.0 Å². The Morgan fingerprint density at radius 2 is 1.96 bits per heavy atom. The van der Waals surface area contributed by atoms with Crippen molar-refractivity contribution in [3.8, 4) is 11.5 Å². The van der Waals surface area contributed by atoms with Gasteiger partial charge in [-0.2, -0.15) is 5.10 Å². The van der Waals surface area contributed by atoms with Crippen LogP contribution < -0.4 is 14.9 Å². The van der Waals surface area contributed by atoms with Crippen LogP contribution in [0.5, 0.6) is 11.5 Å². The van der Waals surface area contributed by atoms with Crippen molar-refractivity contribution < 1.29 is 19.4 Å². The van der Waals surface area contributed by atoms with E-state index in [9.17, 15) is 9.90 Å². The Bertz CT molecular complexity index is 749. The van der Waals surface area contributed by atoms with Gasteiger partial charge in [-0.25, -0.2) is 5.43 Å². The SMILES string of the molecule is O=C(N/N=C/c1cc2c(cc1Br)OCO2)C(O)c1ccccc1. The maximum Gasteiger partial charge on any atom is 0.273 e. The monoisotopic (exact) mass is 376 g/mol. The van der Waals surface area contributed by atoms with Crippen LogP contribution in [0.1, 0.15) is 17.2 Å². The second-order valence-corrected chi connectivity index (χ2v) is 5.63. The number of carbonyl (C=O) groups is 1. The predicted octanol–water partition coefficient (Wildman–Crippen LogP) is 2.36. The Balaban J connectivity index is 1.66. The van der Waals surface area contributed by atoms with Crippen molar-refractivity contribution in [2.75, 3.05) is 6.79 Å². The highest BCUT2D eigenvalue weighted by Gasteiger charge is 2.17. The number of rotatable bonds is 4. The quantitative estimate of drug-likeness (QED) is 0.633. The Morgan fingerprint density at radius 3 is 2.70 bits per heavy atom. The smallest absolute Gasteiger partial charge is 0.273 e. The molecule has 2 aromatic carbocycles. The van der Waals surface area contributed by atoms with Gasteiger partial charge in [-0.3, -0.25) is 4.79 Å². The summed E-state index contributed by atoms with van der Waals surface area (Å²) in [5.74, 6) is 0.659. The van der Waals surface area contributed by atoms with Gasteiger partial charge < -0.3 is 14.6 Å². The van der Waals surface area contributed by atoms with E-state index in [0.717, 1.165) is 4.47 Å². The molecule has 0 aliphatic carbocycles. The molecule has 1 unspecified atom stereocenters. The first-order chi connectivity index (χ1) is 11.1. The van der Waals surface area contributed by atoms with Crippen molar-refractivity contribution in [1.82, 2.24) is 5.43 Å². The maximum atomic E-state index is 11.9. The summed E-state index contributed by atoms with van der Waals surface area (Å²) in [7, 11) is 0. The van der Waals surface area contributed by atoms with Gasteiger partial charge in [0.2, 0.25) is 6.79 Å². The molecule has 0 radical (unpaired) electrons. The zero-order valence-corrected chi connectivity index (χ0v) is 13.5. The highest BCUT2D eigenvalue weighted by atomic mass is 79.9. The standard InChI is InChI=1S/C16H13BrN2O4/c17-12-7-14-13(22-9-23-14)6-11(12)8-18-19-16(21)15(20)10-4-2-1-3-5-10/h1-8,15,20H,9H2,(H,19,21)/b18-8+. The molecule has 0 bridgehead atoms. The van der Waals surface area contributed by atoms with Gasteiger partial charge in [-0.15, -0.1) is 0 Å². The van der Waals surface area contributed by atoms with Crippen molar-refractivity contribution >= 4 is 28.1 Å². The van der Waals surface area contributed by atoms with Crippen LogP contribution in [0.15, 0.2) is 52.0 Å². The molecule has 1 heterocycles. The van der Waals surface area contributed by atoms with Gasteiger partial charge in [-0.1, -0.05) is 30.3 Å². The molecule has 2 aromatic rings. The number of ether oxygens (including phenoxy) is 2. The highest BCUT2D eigenvalue weighted by Crippen LogP contribution is 2.36. The summed E-state index contributed by atoms with van der Waals surface area (Å²) >= 11 is 3.39. The number of hydrogen-bond donors (Lipinski definition) is 2. The molecule has 7 heteroatoms. The zero-order chi connectivity index (χ0) is 16.2. The van der Waals surface area contributed by atoms with Gasteiger partial charge in [0.25, 0.3) is 5.91 Å². The Labute approximate surface area is 140 Å². The van der Waals surface area contributed by atoms with Crippen molar-refractivity contribution in [1.29, 1.82) is 0 Å². The van der Waals surface area contributed by atoms with E-state index in [1.54, 1.807) is 36.4 Å². The molecule has 1 amide bonds. The van der Waals surface area contributed by atoms with Gasteiger partial charge in [0.15, 0.2) is 17.6 Å². The number of carbonyl (C=O) groups excluding carboxylic acids is 1. The number of halogens is 1. The van der Waals surface area contributed by atoms with Crippen molar-refractivity contribution in [2.24, 2.45) is 5.10 Å². The average molecular weight is 377 g/mol. The summed E-state index contributed by atoms with van der Waals surface area (Å²) in [6, 6.07) is 12.2. The predicted molar refractivity (Wildman–Crippen MR) is 87.4 cm³/mol. The molecule has 23 heavy (non-hydrogen) atoms. The molecule has 6 nitrogen and oxygen atoms in total. The number of benzene rings is 2. The van der Waals surface area contributed by atoms with Gasteiger partial charge in [0.1, 0.15) is 0 Å². The van der Waals surface area contributed by atoms with Gasteiger partial charge in [-0.05, 0) is 33.6 Å². The molecule has 0 aromatic heterocycles. The van der Waals surface area contributed by atoms with Gasteiger partial charge in [0.05, 0.1) is 6.21 Å². The third-order valence-electron chi connectivity index (χ3n) is 3.23. The van der Waals surface area contributed by atoms with Crippen LogP contribution in [0.25, 0.3) is 0 Å². The van der Waals surface area contributed by atoms with Crippen LogP contribution in [0.4, 0.5) is 0 Å².